The molecule has 0 radical (unpaired) electrons. The quantitative estimate of drug-likeness (QED) is 0.826. The van der Waals surface area contributed by atoms with Gasteiger partial charge in [0.25, 0.3) is 0 Å². The highest BCUT2D eigenvalue weighted by Gasteiger charge is 2.11. The second-order valence-corrected chi connectivity index (χ2v) is 5.09. The number of carbonyl (C=O) groups is 1. The zero-order valence-electron chi connectivity index (χ0n) is 10.7. The van der Waals surface area contributed by atoms with Gasteiger partial charge in [-0.15, -0.1) is 0 Å². The summed E-state index contributed by atoms with van der Waals surface area (Å²) in [6, 6.07) is 7.48. The van der Waals surface area contributed by atoms with Gasteiger partial charge in [-0.1, -0.05) is 12.1 Å². The van der Waals surface area contributed by atoms with Crippen molar-refractivity contribution in [3.8, 4) is 0 Å². The van der Waals surface area contributed by atoms with Crippen molar-refractivity contribution in [3.63, 3.8) is 0 Å². The molecular formula is C14H16N2O2. The molecule has 0 aliphatic rings. The molecule has 4 nitrogen and oxygen atoms in total. The molecule has 1 aromatic heterocycles. The van der Waals surface area contributed by atoms with Crippen molar-refractivity contribution >= 4 is 23.1 Å². The first-order chi connectivity index (χ1) is 8.44. The van der Waals surface area contributed by atoms with Crippen molar-refractivity contribution in [3.05, 3.63) is 36.2 Å². The highest BCUT2D eigenvalue weighted by Crippen LogP contribution is 2.15. The molecule has 0 saturated heterocycles. The second-order valence-electron chi connectivity index (χ2n) is 5.09. The van der Waals surface area contributed by atoms with Crippen LogP contribution in [0.25, 0.3) is 17.2 Å². The molecule has 0 atom stereocenters. The Kier molecular flexibility index (Phi) is 3.19. The fourth-order valence-corrected chi connectivity index (χ4v) is 1.52. The molecule has 0 unspecified atom stereocenters. The molecule has 2 aromatic rings. The summed E-state index contributed by atoms with van der Waals surface area (Å²) >= 11 is 0. The molecule has 0 aliphatic heterocycles. The Bertz CT molecular complexity index is 558. The number of nitrogens with one attached hydrogen (secondary N) is 1. The number of carbonyl (C=O) groups excluding carboxylic acids is 1. The molecule has 18 heavy (non-hydrogen) atoms. The summed E-state index contributed by atoms with van der Waals surface area (Å²) in [6.07, 6.45) is 3.00. The number of fused-ring (bicyclic) bond motifs is 1. The van der Waals surface area contributed by atoms with Gasteiger partial charge in [0.05, 0.1) is 0 Å². The first-order valence-corrected chi connectivity index (χ1v) is 5.80. The fraction of sp³-hybridized carbons (Fsp3) is 0.286. The van der Waals surface area contributed by atoms with E-state index in [0.717, 1.165) is 5.52 Å². The van der Waals surface area contributed by atoms with Crippen LogP contribution in [0.4, 0.5) is 0 Å². The van der Waals surface area contributed by atoms with Gasteiger partial charge >= 0.3 is 0 Å². The molecule has 0 fully saturated rings. The molecule has 0 aliphatic carbocycles. The molecule has 0 bridgehead atoms. The second kappa shape index (κ2) is 4.64. The molecule has 2 rings (SSSR count). The molecule has 0 saturated carbocycles. The van der Waals surface area contributed by atoms with Crippen LogP contribution in [0.3, 0.4) is 0 Å². The van der Waals surface area contributed by atoms with Crippen LogP contribution in [0, 0.1) is 0 Å². The summed E-state index contributed by atoms with van der Waals surface area (Å²) in [4.78, 5) is 15.8. The summed E-state index contributed by atoms with van der Waals surface area (Å²) in [5.74, 6) is 0.269. The van der Waals surface area contributed by atoms with Crippen molar-refractivity contribution in [1.29, 1.82) is 0 Å². The lowest BCUT2D eigenvalue weighted by molar-refractivity contribution is -0.117. The number of hydrogen-bond acceptors (Lipinski definition) is 3. The summed E-state index contributed by atoms with van der Waals surface area (Å²) in [5.41, 5.74) is 1.25. The standard InChI is InChI=1S/C14H16N2O2/c1-14(2,3)16-12(17)8-9-13-15-10-6-4-5-7-11(10)18-13/h4-9H,1-3H3,(H,16,17)/b9-8+. The van der Waals surface area contributed by atoms with Crippen molar-refractivity contribution in [2.75, 3.05) is 0 Å². The van der Waals surface area contributed by atoms with Crippen LogP contribution in [-0.2, 0) is 4.79 Å². The van der Waals surface area contributed by atoms with Gasteiger partial charge in [-0.25, -0.2) is 4.98 Å². The topological polar surface area (TPSA) is 55.1 Å². The van der Waals surface area contributed by atoms with Crippen LogP contribution in [0.2, 0.25) is 0 Å². The average molecular weight is 244 g/mol. The molecule has 94 valence electrons. The van der Waals surface area contributed by atoms with E-state index in [9.17, 15) is 4.79 Å². The van der Waals surface area contributed by atoms with Gasteiger partial charge in [-0.05, 0) is 32.9 Å². The summed E-state index contributed by atoms with van der Waals surface area (Å²) < 4.78 is 5.47. The lowest BCUT2D eigenvalue weighted by atomic mass is 10.1. The van der Waals surface area contributed by atoms with Crippen molar-refractivity contribution in [2.24, 2.45) is 0 Å². The predicted octanol–water partition coefficient (Wildman–Crippen LogP) is 2.76. The van der Waals surface area contributed by atoms with Crippen LogP contribution in [-0.4, -0.2) is 16.4 Å². The smallest absolute Gasteiger partial charge is 0.244 e. The minimum absolute atomic E-state index is 0.162. The minimum Gasteiger partial charge on any atom is -0.437 e. The number of aromatic nitrogens is 1. The molecule has 0 spiro atoms. The molecule has 1 heterocycles. The van der Waals surface area contributed by atoms with E-state index in [1.165, 1.54) is 6.08 Å². The third-order valence-electron chi connectivity index (χ3n) is 2.19. The summed E-state index contributed by atoms with van der Waals surface area (Å²) in [5, 5.41) is 2.83. The van der Waals surface area contributed by atoms with Crippen LogP contribution in [0.1, 0.15) is 26.7 Å². The van der Waals surface area contributed by atoms with Crippen LogP contribution in [0.5, 0.6) is 0 Å². The van der Waals surface area contributed by atoms with E-state index in [1.54, 1.807) is 6.08 Å². The Labute approximate surface area is 106 Å². The summed E-state index contributed by atoms with van der Waals surface area (Å²) in [7, 11) is 0. The van der Waals surface area contributed by atoms with Gasteiger partial charge in [-0.3, -0.25) is 4.79 Å². The fourth-order valence-electron chi connectivity index (χ4n) is 1.52. The van der Waals surface area contributed by atoms with Gasteiger partial charge < -0.3 is 9.73 Å². The van der Waals surface area contributed by atoms with E-state index in [-0.39, 0.29) is 11.4 Å². The lowest BCUT2D eigenvalue weighted by Gasteiger charge is -2.18. The number of nitrogens with zero attached hydrogens (tertiary/aromatic N) is 1. The maximum absolute atomic E-state index is 11.6. The Balaban J connectivity index is 2.11. The third-order valence-corrected chi connectivity index (χ3v) is 2.19. The van der Waals surface area contributed by atoms with E-state index in [2.05, 4.69) is 10.3 Å². The zero-order valence-corrected chi connectivity index (χ0v) is 10.7. The van der Waals surface area contributed by atoms with Crippen LogP contribution in [0.15, 0.2) is 34.8 Å². The lowest BCUT2D eigenvalue weighted by Crippen LogP contribution is -2.39. The van der Waals surface area contributed by atoms with Crippen LogP contribution < -0.4 is 5.32 Å². The van der Waals surface area contributed by atoms with Crippen molar-refractivity contribution < 1.29 is 9.21 Å². The van der Waals surface area contributed by atoms with Crippen molar-refractivity contribution in [2.45, 2.75) is 26.3 Å². The molecule has 1 aromatic carbocycles. The highest BCUT2D eigenvalue weighted by atomic mass is 16.3. The maximum Gasteiger partial charge on any atom is 0.244 e. The third kappa shape index (κ3) is 3.20. The Hall–Kier alpha value is -2.10. The Morgan fingerprint density at radius 2 is 2.06 bits per heavy atom. The maximum atomic E-state index is 11.6. The van der Waals surface area contributed by atoms with E-state index in [4.69, 9.17) is 4.42 Å². The van der Waals surface area contributed by atoms with Gasteiger partial charge in [-0.2, -0.15) is 0 Å². The SMILES string of the molecule is CC(C)(C)NC(=O)/C=C/c1nc2ccccc2o1. The van der Waals surface area contributed by atoms with Crippen molar-refractivity contribution in [1.82, 2.24) is 10.3 Å². The van der Waals surface area contributed by atoms with E-state index >= 15 is 0 Å². The molecule has 1 amide bonds. The van der Waals surface area contributed by atoms with Crippen LogP contribution >= 0.6 is 0 Å². The summed E-state index contributed by atoms with van der Waals surface area (Å²) in [6.45, 7) is 5.79. The van der Waals surface area contributed by atoms with Gasteiger partial charge in [0.2, 0.25) is 11.8 Å². The van der Waals surface area contributed by atoms with Gasteiger partial charge in [0, 0.05) is 17.7 Å². The minimum atomic E-state index is -0.247. The van der Waals surface area contributed by atoms with E-state index in [0.29, 0.717) is 11.5 Å². The number of amides is 1. The number of oxazole rings is 1. The normalized spacial score (nSPS) is 12.2. The zero-order chi connectivity index (χ0) is 13.2. The van der Waals surface area contributed by atoms with E-state index < -0.39 is 0 Å². The monoisotopic (exact) mass is 244 g/mol. The first-order valence-electron chi connectivity index (χ1n) is 5.80. The highest BCUT2D eigenvalue weighted by molar-refractivity contribution is 5.91. The number of hydrogen-bond donors (Lipinski definition) is 1. The number of rotatable bonds is 2. The van der Waals surface area contributed by atoms with Gasteiger partial charge in [0.1, 0.15) is 5.52 Å². The molecule has 1 N–H and O–H groups in total. The molecule has 4 heteroatoms. The largest absolute Gasteiger partial charge is 0.437 e. The number of para-hydroxylation sites is 2. The first kappa shape index (κ1) is 12.4. The Morgan fingerprint density at radius 1 is 1.33 bits per heavy atom. The van der Waals surface area contributed by atoms with Gasteiger partial charge in [0.15, 0.2) is 5.58 Å². The predicted molar refractivity (Wildman–Crippen MR) is 70.9 cm³/mol. The number of benzene rings is 1. The Morgan fingerprint density at radius 3 is 2.72 bits per heavy atom. The van der Waals surface area contributed by atoms with E-state index in [1.807, 2.05) is 45.0 Å². The average Bonchev–Trinajstić information content (AvgIpc) is 2.66. The molecular weight excluding hydrogens is 228 g/mol.